The maximum atomic E-state index is 12.4. The number of rotatable bonds is 4. The first-order valence-corrected chi connectivity index (χ1v) is 7.88. The SMILES string of the molecule is Cc1nn(-c2ccccc2)c(C)c1NC(=O)[C@@H]1CC[C@H](CN)O1. The van der Waals surface area contributed by atoms with Gasteiger partial charge in [-0.15, -0.1) is 0 Å². The molecular weight excluding hydrogens is 292 g/mol. The van der Waals surface area contributed by atoms with Crippen molar-refractivity contribution in [2.75, 3.05) is 11.9 Å². The largest absolute Gasteiger partial charge is 0.364 e. The number of amides is 1. The summed E-state index contributed by atoms with van der Waals surface area (Å²) in [6.07, 6.45) is 1.09. The van der Waals surface area contributed by atoms with E-state index in [1.807, 2.05) is 48.9 Å². The van der Waals surface area contributed by atoms with Crippen LogP contribution in [0.25, 0.3) is 5.69 Å². The zero-order valence-electron chi connectivity index (χ0n) is 13.5. The van der Waals surface area contributed by atoms with Gasteiger partial charge in [-0.1, -0.05) is 18.2 Å². The average molecular weight is 314 g/mol. The summed E-state index contributed by atoms with van der Waals surface area (Å²) in [5.41, 5.74) is 8.99. The summed E-state index contributed by atoms with van der Waals surface area (Å²) < 4.78 is 7.49. The fourth-order valence-electron chi connectivity index (χ4n) is 2.92. The number of nitrogens with zero attached hydrogens (tertiary/aromatic N) is 2. The van der Waals surface area contributed by atoms with Crippen LogP contribution in [-0.4, -0.2) is 34.4 Å². The van der Waals surface area contributed by atoms with Gasteiger partial charge >= 0.3 is 0 Å². The molecule has 1 aliphatic rings. The summed E-state index contributed by atoms with van der Waals surface area (Å²) in [6, 6.07) is 9.85. The number of carbonyl (C=O) groups is 1. The lowest BCUT2D eigenvalue weighted by atomic mass is 10.2. The van der Waals surface area contributed by atoms with Gasteiger partial charge in [0.15, 0.2) is 0 Å². The Bertz CT molecular complexity index is 696. The molecule has 23 heavy (non-hydrogen) atoms. The van der Waals surface area contributed by atoms with Crippen LogP contribution in [0, 0.1) is 13.8 Å². The number of carbonyl (C=O) groups excluding carboxylic acids is 1. The van der Waals surface area contributed by atoms with Crippen LogP contribution in [0.1, 0.15) is 24.2 Å². The van der Waals surface area contributed by atoms with E-state index in [4.69, 9.17) is 10.5 Å². The molecule has 122 valence electrons. The van der Waals surface area contributed by atoms with Gasteiger partial charge in [0.05, 0.1) is 28.9 Å². The van der Waals surface area contributed by atoms with Gasteiger partial charge < -0.3 is 15.8 Å². The molecule has 3 rings (SSSR count). The van der Waals surface area contributed by atoms with Gasteiger partial charge in [-0.2, -0.15) is 5.10 Å². The van der Waals surface area contributed by atoms with Crippen LogP contribution in [-0.2, 0) is 9.53 Å². The summed E-state index contributed by atoms with van der Waals surface area (Å²) in [4.78, 5) is 12.4. The highest BCUT2D eigenvalue weighted by molar-refractivity contribution is 5.95. The first kappa shape index (κ1) is 15.7. The van der Waals surface area contributed by atoms with E-state index in [0.717, 1.165) is 29.2 Å². The molecule has 0 radical (unpaired) electrons. The Kier molecular flexibility index (Phi) is 4.45. The molecule has 1 aromatic heterocycles. The lowest BCUT2D eigenvalue weighted by Gasteiger charge is -2.13. The number of para-hydroxylation sites is 1. The molecule has 1 aromatic carbocycles. The van der Waals surface area contributed by atoms with Crippen molar-refractivity contribution < 1.29 is 9.53 Å². The van der Waals surface area contributed by atoms with E-state index < -0.39 is 6.10 Å². The van der Waals surface area contributed by atoms with Crippen LogP contribution in [0.3, 0.4) is 0 Å². The summed E-state index contributed by atoms with van der Waals surface area (Å²) in [7, 11) is 0. The molecule has 1 aliphatic heterocycles. The van der Waals surface area contributed by atoms with Crippen LogP contribution in [0.15, 0.2) is 30.3 Å². The molecule has 1 amide bonds. The van der Waals surface area contributed by atoms with E-state index >= 15 is 0 Å². The molecule has 1 fully saturated rings. The molecule has 2 heterocycles. The number of ether oxygens (including phenoxy) is 1. The fourth-order valence-corrected chi connectivity index (χ4v) is 2.92. The summed E-state index contributed by atoms with van der Waals surface area (Å²) in [5.74, 6) is -0.125. The van der Waals surface area contributed by atoms with Crippen molar-refractivity contribution in [3.63, 3.8) is 0 Å². The molecule has 3 N–H and O–H groups in total. The number of hydrogen-bond acceptors (Lipinski definition) is 4. The van der Waals surface area contributed by atoms with E-state index in [0.29, 0.717) is 13.0 Å². The van der Waals surface area contributed by atoms with Crippen LogP contribution in [0.4, 0.5) is 5.69 Å². The topological polar surface area (TPSA) is 82.2 Å². The van der Waals surface area contributed by atoms with E-state index in [2.05, 4.69) is 10.4 Å². The molecule has 0 spiro atoms. The van der Waals surface area contributed by atoms with Gasteiger partial charge in [-0.3, -0.25) is 4.79 Å². The number of benzene rings is 1. The van der Waals surface area contributed by atoms with E-state index in [1.54, 1.807) is 0 Å². The third-order valence-electron chi connectivity index (χ3n) is 4.20. The lowest BCUT2D eigenvalue weighted by Crippen LogP contribution is -2.30. The first-order chi connectivity index (χ1) is 11.1. The highest BCUT2D eigenvalue weighted by atomic mass is 16.5. The van der Waals surface area contributed by atoms with Crippen molar-refractivity contribution in [3.8, 4) is 5.69 Å². The number of hydrogen-bond donors (Lipinski definition) is 2. The Morgan fingerprint density at radius 2 is 2.09 bits per heavy atom. The Balaban J connectivity index is 1.79. The third-order valence-corrected chi connectivity index (χ3v) is 4.20. The molecule has 2 atom stereocenters. The smallest absolute Gasteiger partial charge is 0.253 e. The van der Waals surface area contributed by atoms with Crippen molar-refractivity contribution in [2.24, 2.45) is 5.73 Å². The quantitative estimate of drug-likeness (QED) is 0.903. The van der Waals surface area contributed by atoms with Gasteiger partial charge in [0.1, 0.15) is 6.10 Å². The minimum absolute atomic E-state index is 0.0139. The third kappa shape index (κ3) is 3.13. The summed E-state index contributed by atoms with van der Waals surface area (Å²) in [6.45, 7) is 4.29. The Labute approximate surface area is 135 Å². The normalized spacial score (nSPS) is 20.7. The van der Waals surface area contributed by atoms with Crippen molar-refractivity contribution >= 4 is 11.6 Å². The second-order valence-electron chi connectivity index (χ2n) is 5.84. The number of anilines is 1. The van der Waals surface area contributed by atoms with Crippen LogP contribution in [0.2, 0.25) is 0 Å². The number of nitrogens with one attached hydrogen (secondary N) is 1. The number of aryl methyl sites for hydroxylation is 1. The van der Waals surface area contributed by atoms with Crippen molar-refractivity contribution in [2.45, 2.75) is 38.9 Å². The minimum atomic E-state index is -0.428. The highest BCUT2D eigenvalue weighted by Gasteiger charge is 2.30. The maximum absolute atomic E-state index is 12.4. The zero-order valence-corrected chi connectivity index (χ0v) is 13.5. The summed E-state index contributed by atoms with van der Waals surface area (Å²) in [5, 5.41) is 7.50. The number of nitrogens with two attached hydrogens (primary N) is 1. The Hall–Kier alpha value is -2.18. The maximum Gasteiger partial charge on any atom is 0.253 e. The molecule has 6 heteroatoms. The predicted octanol–water partition coefficient (Wildman–Crippen LogP) is 1.93. The van der Waals surface area contributed by atoms with Gasteiger partial charge in [0.2, 0.25) is 0 Å². The summed E-state index contributed by atoms with van der Waals surface area (Å²) >= 11 is 0. The number of aromatic nitrogens is 2. The van der Waals surface area contributed by atoms with Crippen molar-refractivity contribution in [1.29, 1.82) is 0 Å². The molecular formula is C17H22N4O2. The van der Waals surface area contributed by atoms with Gasteiger partial charge in [0, 0.05) is 6.54 Å². The molecule has 0 aliphatic carbocycles. The van der Waals surface area contributed by atoms with E-state index in [1.165, 1.54) is 0 Å². The van der Waals surface area contributed by atoms with Crippen LogP contribution in [0.5, 0.6) is 0 Å². The molecule has 0 saturated carbocycles. The first-order valence-electron chi connectivity index (χ1n) is 7.88. The molecule has 2 aromatic rings. The van der Waals surface area contributed by atoms with E-state index in [9.17, 15) is 4.79 Å². The Morgan fingerprint density at radius 1 is 1.35 bits per heavy atom. The molecule has 0 unspecified atom stereocenters. The highest BCUT2D eigenvalue weighted by Crippen LogP contribution is 2.25. The van der Waals surface area contributed by atoms with Gasteiger partial charge in [0.25, 0.3) is 5.91 Å². The minimum Gasteiger partial charge on any atom is -0.364 e. The second kappa shape index (κ2) is 6.52. The fraction of sp³-hybridized carbons (Fsp3) is 0.412. The van der Waals surface area contributed by atoms with E-state index in [-0.39, 0.29) is 12.0 Å². The molecule has 0 bridgehead atoms. The lowest BCUT2D eigenvalue weighted by molar-refractivity contribution is -0.126. The average Bonchev–Trinajstić information content (AvgIpc) is 3.16. The molecule has 1 saturated heterocycles. The molecule has 6 nitrogen and oxygen atoms in total. The van der Waals surface area contributed by atoms with Crippen molar-refractivity contribution in [1.82, 2.24) is 9.78 Å². The predicted molar refractivity (Wildman–Crippen MR) is 88.6 cm³/mol. The van der Waals surface area contributed by atoms with Crippen LogP contribution >= 0.6 is 0 Å². The monoisotopic (exact) mass is 314 g/mol. The standard InChI is InChI=1S/C17H22N4O2/c1-11-16(19-17(22)15-9-8-14(10-18)23-15)12(2)21(20-11)13-6-4-3-5-7-13/h3-7,14-15H,8-10,18H2,1-2H3,(H,19,22)/t14-,15+/m1/s1. The van der Waals surface area contributed by atoms with Crippen molar-refractivity contribution in [3.05, 3.63) is 41.7 Å². The Morgan fingerprint density at radius 3 is 2.74 bits per heavy atom. The zero-order chi connectivity index (χ0) is 16.4. The van der Waals surface area contributed by atoms with Gasteiger partial charge in [-0.25, -0.2) is 4.68 Å². The van der Waals surface area contributed by atoms with Crippen LogP contribution < -0.4 is 11.1 Å². The second-order valence-corrected chi connectivity index (χ2v) is 5.84. The van der Waals surface area contributed by atoms with Gasteiger partial charge in [-0.05, 0) is 38.8 Å².